The first-order chi connectivity index (χ1) is 17.3. The highest BCUT2D eigenvalue weighted by atomic mass is 32.1. The topological polar surface area (TPSA) is 146 Å². The van der Waals surface area contributed by atoms with E-state index in [9.17, 15) is 24.5 Å². The van der Waals surface area contributed by atoms with E-state index in [0.717, 1.165) is 11.3 Å². The molecule has 1 aromatic carbocycles. The fourth-order valence-electron chi connectivity index (χ4n) is 3.43. The van der Waals surface area contributed by atoms with Gasteiger partial charge in [0, 0.05) is 12.1 Å². The Labute approximate surface area is 215 Å². The minimum absolute atomic E-state index is 0.0705. The van der Waals surface area contributed by atoms with Crippen LogP contribution in [-0.2, 0) is 25.6 Å². The fourth-order valence-corrected chi connectivity index (χ4v) is 4.60. The largest absolute Gasteiger partial charge is 0.514 e. The van der Waals surface area contributed by atoms with Gasteiger partial charge in [-0.3, -0.25) is 14.9 Å². The molecule has 0 radical (unpaired) electrons. The lowest BCUT2D eigenvalue weighted by molar-refractivity contribution is -0.384. The Morgan fingerprint density at radius 1 is 1.25 bits per heavy atom. The van der Waals surface area contributed by atoms with Crippen molar-refractivity contribution in [3.8, 4) is 0 Å². The SMILES string of the molecule is C=CCOC(=O)c1ccc(NC(=O)[C@@H](C(=S)OC(=O)OCc2ccc([N+](=O)[O-])cc2)[C@@H]2CCNC2)s1. The molecule has 2 atom stereocenters. The molecule has 2 N–H and O–H groups in total. The molecule has 3 rings (SSSR count). The van der Waals surface area contributed by atoms with Gasteiger partial charge in [-0.05, 0) is 67.5 Å². The maximum absolute atomic E-state index is 13.1. The lowest BCUT2D eigenvalue weighted by Gasteiger charge is -2.21. The molecule has 1 saturated heterocycles. The standard InChI is InChI=1S/C23H23N3O8S2/c1-2-11-32-21(28)17-7-8-18(36-17)25-20(27)19(15-9-10-24-12-15)22(35)34-23(29)33-13-14-3-5-16(6-4-14)26(30)31/h2-8,15,19,24H,1,9-13H2,(H,25,27)/t15-,19+/m1/s1. The maximum atomic E-state index is 13.1. The third kappa shape index (κ3) is 7.41. The summed E-state index contributed by atoms with van der Waals surface area (Å²) >= 11 is 6.32. The summed E-state index contributed by atoms with van der Waals surface area (Å²) in [6.07, 6.45) is 1.00. The molecule has 11 nitrogen and oxygen atoms in total. The molecule has 0 spiro atoms. The lowest BCUT2D eigenvalue weighted by Crippen LogP contribution is -2.37. The molecule has 0 aliphatic carbocycles. The van der Waals surface area contributed by atoms with Crippen LogP contribution in [0.3, 0.4) is 0 Å². The van der Waals surface area contributed by atoms with Crippen molar-refractivity contribution < 1.29 is 33.5 Å². The number of nitro benzene ring substituents is 1. The number of anilines is 1. The Morgan fingerprint density at radius 2 is 2.00 bits per heavy atom. The van der Waals surface area contributed by atoms with Crippen LogP contribution in [0.25, 0.3) is 0 Å². The number of nitrogens with one attached hydrogen (secondary N) is 2. The number of benzene rings is 1. The average molecular weight is 534 g/mol. The van der Waals surface area contributed by atoms with E-state index in [1.54, 1.807) is 6.07 Å². The van der Waals surface area contributed by atoms with Gasteiger partial charge >= 0.3 is 12.1 Å². The minimum Gasteiger partial charge on any atom is -0.457 e. The summed E-state index contributed by atoms with van der Waals surface area (Å²) in [4.78, 5) is 47.8. The highest BCUT2D eigenvalue weighted by Gasteiger charge is 2.36. The Balaban J connectivity index is 1.60. The molecule has 1 aliphatic rings. The summed E-state index contributed by atoms with van der Waals surface area (Å²) in [5.41, 5.74) is 0.422. The number of thiocarbonyl (C=S) groups is 1. The van der Waals surface area contributed by atoms with Crippen molar-refractivity contribution in [3.05, 3.63) is 69.6 Å². The molecule has 2 heterocycles. The van der Waals surface area contributed by atoms with Crippen LogP contribution in [0.5, 0.6) is 0 Å². The number of nitrogens with zero attached hydrogens (tertiary/aromatic N) is 1. The van der Waals surface area contributed by atoms with Crippen LogP contribution >= 0.6 is 23.6 Å². The molecule has 13 heteroatoms. The van der Waals surface area contributed by atoms with E-state index < -0.39 is 28.9 Å². The first kappa shape index (κ1) is 26.9. The van der Waals surface area contributed by atoms with E-state index in [4.69, 9.17) is 26.4 Å². The van der Waals surface area contributed by atoms with Gasteiger partial charge in [0.1, 0.15) is 24.0 Å². The van der Waals surface area contributed by atoms with Crippen LogP contribution < -0.4 is 10.6 Å². The fraction of sp³-hybridized carbons (Fsp3) is 0.304. The van der Waals surface area contributed by atoms with E-state index in [0.29, 0.717) is 35.0 Å². The second kappa shape index (κ2) is 12.9. The number of non-ortho nitro benzene ring substituents is 1. The number of carbonyl (C=O) groups excluding carboxylic acids is 3. The monoisotopic (exact) mass is 533 g/mol. The summed E-state index contributed by atoms with van der Waals surface area (Å²) in [5.74, 6) is -2.16. The predicted molar refractivity (Wildman–Crippen MR) is 135 cm³/mol. The molecule has 0 unspecified atom stereocenters. The molecule has 1 fully saturated rings. The molecule has 0 saturated carbocycles. The number of hydrogen-bond acceptors (Lipinski definition) is 11. The van der Waals surface area contributed by atoms with Crippen molar-refractivity contribution in [2.75, 3.05) is 25.0 Å². The van der Waals surface area contributed by atoms with Gasteiger partial charge in [-0.25, -0.2) is 9.59 Å². The quantitative estimate of drug-likeness (QED) is 0.152. The van der Waals surface area contributed by atoms with Crippen molar-refractivity contribution in [1.29, 1.82) is 0 Å². The minimum atomic E-state index is -1.09. The Bertz CT molecular complexity index is 1140. The van der Waals surface area contributed by atoms with E-state index in [1.807, 2.05) is 0 Å². The molecule has 1 aromatic heterocycles. The van der Waals surface area contributed by atoms with Crippen LogP contribution in [0.15, 0.2) is 49.1 Å². The normalized spacial score (nSPS) is 15.4. The van der Waals surface area contributed by atoms with Crippen molar-refractivity contribution >= 4 is 57.3 Å². The maximum Gasteiger partial charge on any atom is 0.514 e. The zero-order chi connectivity index (χ0) is 26.1. The zero-order valence-corrected chi connectivity index (χ0v) is 20.6. The van der Waals surface area contributed by atoms with E-state index >= 15 is 0 Å². The first-order valence-electron chi connectivity index (χ1n) is 10.8. The summed E-state index contributed by atoms with van der Waals surface area (Å²) < 4.78 is 15.2. The van der Waals surface area contributed by atoms with Gasteiger partial charge in [0.15, 0.2) is 5.05 Å². The number of nitro groups is 1. The van der Waals surface area contributed by atoms with Gasteiger partial charge < -0.3 is 24.8 Å². The highest BCUT2D eigenvalue weighted by Crippen LogP contribution is 2.27. The number of hydrogen-bond donors (Lipinski definition) is 2. The number of rotatable bonds is 10. The van der Waals surface area contributed by atoms with Crippen LogP contribution in [-0.4, -0.2) is 47.7 Å². The van der Waals surface area contributed by atoms with Gasteiger partial charge in [0.25, 0.3) is 5.69 Å². The van der Waals surface area contributed by atoms with E-state index in [-0.39, 0.29) is 29.9 Å². The molecule has 2 aromatic rings. The molecular formula is C23H23N3O8S2. The third-order valence-electron chi connectivity index (χ3n) is 5.18. The number of amides is 1. The second-order valence-corrected chi connectivity index (χ2v) is 9.14. The Hall–Kier alpha value is -3.68. The van der Waals surface area contributed by atoms with Crippen LogP contribution in [0.1, 0.15) is 21.7 Å². The second-order valence-electron chi connectivity index (χ2n) is 7.65. The van der Waals surface area contributed by atoms with Crippen LogP contribution in [0.2, 0.25) is 0 Å². The summed E-state index contributed by atoms with van der Waals surface area (Å²) in [6.45, 7) is 4.55. The van der Waals surface area contributed by atoms with Gasteiger partial charge in [-0.15, -0.1) is 11.3 Å². The van der Waals surface area contributed by atoms with Crippen LogP contribution in [0, 0.1) is 22.0 Å². The lowest BCUT2D eigenvalue weighted by atomic mass is 9.91. The molecular weight excluding hydrogens is 510 g/mol. The molecule has 1 amide bonds. The summed E-state index contributed by atoms with van der Waals surface area (Å²) in [7, 11) is 0. The van der Waals surface area contributed by atoms with Crippen molar-refractivity contribution in [2.45, 2.75) is 13.0 Å². The molecule has 190 valence electrons. The molecule has 36 heavy (non-hydrogen) atoms. The molecule has 0 bridgehead atoms. The first-order valence-corrected chi connectivity index (χ1v) is 12.0. The van der Waals surface area contributed by atoms with Gasteiger partial charge in [-0.1, -0.05) is 12.7 Å². The Kier molecular flexibility index (Phi) is 9.61. The van der Waals surface area contributed by atoms with Crippen molar-refractivity contribution in [2.24, 2.45) is 11.8 Å². The molecule has 1 aliphatic heterocycles. The third-order valence-corrected chi connectivity index (χ3v) is 6.50. The van der Waals surface area contributed by atoms with Gasteiger partial charge in [0.2, 0.25) is 5.91 Å². The van der Waals surface area contributed by atoms with Gasteiger partial charge in [-0.2, -0.15) is 0 Å². The summed E-state index contributed by atoms with van der Waals surface area (Å²) in [5, 5.41) is 16.8. The smallest absolute Gasteiger partial charge is 0.457 e. The van der Waals surface area contributed by atoms with Crippen LogP contribution in [0.4, 0.5) is 15.5 Å². The highest BCUT2D eigenvalue weighted by molar-refractivity contribution is 7.80. The number of thiophene rings is 1. The number of esters is 1. The summed E-state index contributed by atoms with van der Waals surface area (Å²) in [6, 6.07) is 8.58. The Morgan fingerprint density at radius 3 is 2.64 bits per heavy atom. The average Bonchev–Trinajstić information content (AvgIpc) is 3.54. The number of ether oxygens (including phenoxy) is 3. The van der Waals surface area contributed by atoms with E-state index in [2.05, 4.69) is 17.2 Å². The number of carbonyl (C=O) groups is 3. The van der Waals surface area contributed by atoms with E-state index in [1.165, 1.54) is 36.4 Å². The van der Waals surface area contributed by atoms with Crippen molar-refractivity contribution in [1.82, 2.24) is 5.32 Å². The van der Waals surface area contributed by atoms with Gasteiger partial charge in [0.05, 0.1) is 9.92 Å². The predicted octanol–water partition coefficient (Wildman–Crippen LogP) is 3.84. The zero-order valence-electron chi connectivity index (χ0n) is 19.0. The van der Waals surface area contributed by atoms with Crippen molar-refractivity contribution in [3.63, 3.8) is 0 Å².